The third-order valence-electron chi connectivity index (χ3n) is 9.96. The Morgan fingerprint density at radius 1 is 0.552 bits per heavy atom. The molecule has 3 aliphatic heterocycles. The van der Waals surface area contributed by atoms with Crippen LogP contribution in [-0.2, 0) is 38.0 Å². The molecule has 11 N–H and O–H groups in total. The third kappa shape index (κ3) is 16.1. The fourth-order valence-electron chi connectivity index (χ4n) is 6.37. The van der Waals surface area contributed by atoms with Crippen molar-refractivity contribution in [3.63, 3.8) is 0 Å². The van der Waals surface area contributed by atoms with Crippen LogP contribution in [0.5, 0.6) is 0 Å². The normalized spacial score (nSPS) is 36.6. The summed E-state index contributed by atoms with van der Waals surface area (Å²) in [6.45, 7) is -0.722. The Balaban J connectivity index is 1.34. The molecule has 0 radical (unpaired) electrons. The molecule has 0 amide bonds. The van der Waals surface area contributed by atoms with Gasteiger partial charge in [-0.1, -0.05) is 62.6 Å². The maximum atomic E-state index is 12.2. The first-order valence-electron chi connectivity index (χ1n) is 20.1. The van der Waals surface area contributed by atoms with E-state index in [0.29, 0.717) is 6.42 Å². The van der Waals surface area contributed by atoms with Gasteiger partial charge in [0.15, 0.2) is 18.9 Å². The zero-order chi connectivity index (χ0) is 42.6. The average Bonchev–Trinajstić information content (AvgIpc) is 3.21. The van der Waals surface area contributed by atoms with E-state index in [-0.39, 0.29) is 6.42 Å². The Kier molecular flexibility index (Phi) is 23.5. The van der Waals surface area contributed by atoms with Gasteiger partial charge in [0.05, 0.1) is 26.4 Å². The van der Waals surface area contributed by atoms with Crippen molar-refractivity contribution in [2.75, 3.05) is 33.0 Å². The van der Waals surface area contributed by atoms with Gasteiger partial charge in [0.1, 0.15) is 86.0 Å². The Hall–Kier alpha value is -1.99. The summed E-state index contributed by atoms with van der Waals surface area (Å²) in [5, 5.41) is 113. The van der Waals surface area contributed by atoms with Crippen molar-refractivity contribution in [1.29, 1.82) is 0 Å². The van der Waals surface area contributed by atoms with Crippen LogP contribution in [0.2, 0.25) is 0 Å². The Morgan fingerprint density at radius 3 is 1.53 bits per heavy atom. The monoisotopic (exact) mass is 838 g/mol. The summed E-state index contributed by atoms with van der Waals surface area (Å²) in [6.07, 6.45) is -4.46. The number of ether oxygens (including phenoxy) is 7. The molecule has 3 saturated heterocycles. The fourth-order valence-corrected chi connectivity index (χ4v) is 6.37. The van der Waals surface area contributed by atoms with Crippen LogP contribution in [0.25, 0.3) is 0 Å². The summed E-state index contributed by atoms with van der Waals surface area (Å²) >= 11 is 0. The van der Waals surface area contributed by atoms with E-state index in [1.54, 1.807) is 0 Å². The average molecular weight is 839 g/mol. The van der Waals surface area contributed by atoms with Gasteiger partial charge in [-0.05, 0) is 38.5 Å². The quantitative estimate of drug-likeness (QED) is 0.0268. The van der Waals surface area contributed by atoms with E-state index >= 15 is 0 Å². The van der Waals surface area contributed by atoms with Crippen molar-refractivity contribution in [3.8, 4) is 0 Å². The van der Waals surface area contributed by atoms with E-state index in [1.165, 1.54) is 0 Å². The highest BCUT2D eigenvalue weighted by Gasteiger charge is 2.49. The third-order valence-corrected chi connectivity index (χ3v) is 9.96. The molecule has 0 aromatic heterocycles. The first kappa shape index (κ1) is 50.4. The summed E-state index contributed by atoms with van der Waals surface area (Å²) in [5.41, 5.74) is 0. The zero-order valence-electron chi connectivity index (χ0n) is 33.0. The molecule has 19 nitrogen and oxygen atoms in total. The molecular weight excluding hydrogens is 772 g/mol. The van der Waals surface area contributed by atoms with Gasteiger partial charge in [-0.25, -0.2) is 0 Å². The van der Waals surface area contributed by atoms with Gasteiger partial charge >= 0.3 is 5.97 Å². The SMILES string of the molecule is CCC=CCC=CCC=CCCCCCCCC(=O)OC[C@H](O)CO[C@H]1O[C@H](CO[C@@H]2O[C@H](CO[C@@H]3O[C@H](CO)[C@H](O)[C@H](O)[C@H]3O)[C@H](O)[C@H](O)[C@H]2O)[C@H](O)[C@H](O)[C@H]1O. The van der Waals surface area contributed by atoms with Gasteiger partial charge in [-0.3, -0.25) is 4.79 Å². The maximum absolute atomic E-state index is 12.2. The second-order valence-corrected chi connectivity index (χ2v) is 14.7. The Bertz CT molecular complexity index is 1220. The number of unbranched alkanes of at least 4 members (excludes halogenated alkanes) is 5. The summed E-state index contributed by atoms with van der Waals surface area (Å²) in [7, 11) is 0. The van der Waals surface area contributed by atoms with Crippen LogP contribution in [0.4, 0.5) is 0 Å². The lowest BCUT2D eigenvalue weighted by atomic mass is 9.98. The van der Waals surface area contributed by atoms with E-state index < -0.39 is 137 Å². The number of carbonyl (C=O) groups is 1. The molecule has 16 atom stereocenters. The van der Waals surface area contributed by atoms with Crippen LogP contribution in [0.15, 0.2) is 36.5 Å². The van der Waals surface area contributed by atoms with Crippen LogP contribution in [-0.4, -0.2) is 193 Å². The van der Waals surface area contributed by atoms with Crippen molar-refractivity contribution in [3.05, 3.63) is 36.5 Å². The van der Waals surface area contributed by atoms with E-state index in [2.05, 4.69) is 43.4 Å². The largest absolute Gasteiger partial charge is 0.463 e. The minimum atomic E-state index is -1.85. The number of hydrogen-bond donors (Lipinski definition) is 11. The minimum absolute atomic E-state index is 0.185. The molecule has 3 fully saturated rings. The van der Waals surface area contributed by atoms with Gasteiger partial charge in [0.2, 0.25) is 0 Å². The second kappa shape index (κ2) is 27.1. The lowest BCUT2D eigenvalue weighted by Gasteiger charge is -2.43. The predicted molar refractivity (Wildman–Crippen MR) is 201 cm³/mol. The van der Waals surface area contributed by atoms with Crippen LogP contribution in [0, 0.1) is 0 Å². The van der Waals surface area contributed by atoms with Crippen LogP contribution < -0.4 is 0 Å². The van der Waals surface area contributed by atoms with Crippen molar-refractivity contribution in [1.82, 2.24) is 0 Å². The van der Waals surface area contributed by atoms with Gasteiger partial charge in [-0.2, -0.15) is 0 Å². The molecular formula is C39H66O19. The van der Waals surface area contributed by atoms with E-state index in [9.17, 15) is 61.0 Å². The zero-order valence-corrected chi connectivity index (χ0v) is 33.0. The maximum Gasteiger partial charge on any atom is 0.305 e. The predicted octanol–water partition coefficient (Wildman–Crippen LogP) is -2.06. The van der Waals surface area contributed by atoms with Gasteiger partial charge in [0, 0.05) is 6.42 Å². The molecule has 0 aromatic rings. The molecule has 0 spiro atoms. The number of esters is 1. The number of aliphatic hydroxyl groups is 11. The van der Waals surface area contributed by atoms with E-state index in [1.807, 2.05) is 0 Å². The fraction of sp³-hybridized carbons (Fsp3) is 0.821. The molecule has 58 heavy (non-hydrogen) atoms. The molecule has 0 unspecified atom stereocenters. The van der Waals surface area contributed by atoms with Gasteiger partial charge in [0.25, 0.3) is 0 Å². The number of rotatable bonds is 25. The first-order chi connectivity index (χ1) is 27.8. The highest BCUT2D eigenvalue weighted by atomic mass is 16.7. The number of hydrogen-bond acceptors (Lipinski definition) is 19. The van der Waals surface area contributed by atoms with E-state index in [0.717, 1.165) is 51.4 Å². The van der Waals surface area contributed by atoms with Crippen LogP contribution >= 0.6 is 0 Å². The second-order valence-electron chi connectivity index (χ2n) is 14.7. The molecule has 3 heterocycles. The van der Waals surface area contributed by atoms with Crippen LogP contribution in [0.3, 0.4) is 0 Å². The van der Waals surface area contributed by atoms with Crippen molar-refractivity contribution in [2.24, 2.45) is 0 Å². The Labute approximate surface area is 338 Å². The number of carbonyl (C=O) groups excluding carboxylic acids is 1. The summed E-state index contributed by atoms with van der Waals surface area (Å²) < 4.78 is 37.8. The molecule has 0 aliphatic carbocycles. The molecule has 3 aliphatic rings. The molecule has 336 valence electrons. The van der Waals surface area contributed by atoms with Crippen molar-refractivity contribution < 1.29 is 94.1 Å². The van der Waals surface area contributed by atoms with E-state index in [4.69, 9.17) is 33.2 Å². The summed E-state index contributed by atoms with van der Waals surface area (Å²) in [5.74, 6) is -0.489. The highest BCUT2D eigenvalue weighted by Crippen LogP contribution is 2.28. The van der Waals surface area contributed by atoms with Gasteiger partial charge in [-0.15, -0.1) is 0 Å². The molecule has 0 saturated carbocycles. The van der Waals surface area contributed by atoms with Crippen LogP contribution in [0.1, 0.15) is 71.1 Å². The van der Waals surface area contributed by atoms with Crippen molar-refractivity contribution in [2.45, 2.75) is 169 Å². The molecule has 0 aromatic carbocycles. The number of aliphatic hydroxyl groups excluding tert-OH is 11. The first-order valence-corrected chi connectivity index (χ1v) is 20.1. The summed E-state index contributed by atoms with van der Waals surface area (Å²) in [6, 6.07) is 0. The molecule has 19 heteroatoms. The number of allylic oxidation sites excluding steroid dienone is 6. The molecule has 3 rings (SSSR count). The highest BCUT2D eigenvalue weighted by molar-refractivity contribution is 5.69. The lowest BCUT2D eigenvalue weighted by Crippen LogP contribution is -2.62. The topological polar surface area (TPSA) is 304 Å². The molecule has 0 bridgehead atoms. The lowest BCUT2D eigenvalue weighted by molar-refractivity contribution is -0.343. The Morgan fingerprint density at radius 2 is 1.00 bits per heavy atom. The standard InChI is InChI=1S/C39H66O19/c1-2-3-4-5-6-7-8-9-10-11-12-13-14-15-16-17-27(42)52-19-23(41)20-53-37-35(50)32(47)29(44)25(57-37)22-55-39-36(51)33(48)30(45)26(58-39)21-54-38-34(49)31(46)28(43)24(18-40)56-38/h3-4,6-7,9-10,23-26,28-41,43-51H,2,5,8,11-22H2,1H3/t23-,24+,25+,26+,28-,29-,30-,31-,32-,33-,34+,35+,36+,37-,38+,39+/m0/s1. The van der Waals surface area contributed by atoms with Gasteiger partial charge < -0.3 is 89.3 Å². The minimum Gasteiger partial charge on any atom is -0.463 e. The smallest absolute Gasteiger partial charge is 0.305 e. The van der Waals surface area contributed by atoms with Crippen molar-refractivity contribution >= 4 is 5.97 Å². The summed E-state index contributed by atoms with van der Waals surface area (Å²) in [4.78, 5) is 12.2.